The Kier molecular flexibility index (Phi) is 4.06. The highest BCUT2D eigenvalue weighted by atomic mass is 16.2. The number of nitrogens with one attached hydrogen (secondary N) is 1. The van der Waals surface area contributed by atoms with E-state index >= 15 is 0 Å². The van der Waals surface area contributed by atoms with Gasteiger partial charge in [-0.1, -0.05) is 6.92 Å². The number of urea groups is 1. The zero-order valence-electron chi connectivity index (χ0n) is 8.68. The topological polar surface area (TPSA) is 32.3 Å². The summed E-state index contributed by atoms with van der Waals surface area (Å²) >= 11 is 0. The molecule has 0 spiro atoms. The maximum absolute atomic E-state index is 11.6. The van der Waals surface area contributed by atoms with Gasteiger partial charge in [0.25, 0.3) is 0 Å². The number of hydrogen-bond acceptors (Lipinski definition) is 1. The van der Waals surface area contributed by atoms with Gasteiger partial charge in [-0.05, 0) is 32.6 Å². The van der Waals surface area contributed by atoms with E-state index in [-0.39, 0.29) is 6.03 Å². The highest BCUT2D eigenvalue weighted by Crippen LogP contribution is 2.19. The number of piperidine rings is 1. The lowest BCUT2D eigenvalue weighted by Crippen LogP contribution is -2.48. The van der Waals surface area contributed by atoms with E-state index in [1.165, 1.54) is 12.8 Å². The molecule has 1 N–H and O–H groups in total. The molecule has 13 heavy (non-hydrogen) atoms. The summed E-state index contributed by atoms with van der Waals surface area (Å²) in [6.45, 7) is 5.78. The van der Waals surface area contributed by atoms with Crippen molar-refractivity contribution in [3.8, 4) is 0 Å². The normalized spacial score (nSPS) is 22.9. The fraction of sp³-hybridized carbons (Fsp3) is 0.900. The smallest absolute Gasteiger partial charge is 0.317 e. The van der Waals surface area contributed by atoms with Crippen molar-refractivity contribution in [2.24, 2.45) is 0 Å². The third-order valence-corrected chi connectivity index (χ3v) is 2.69. The first-order valence-electron chi connectivity index (χ1n) is 5.34. The summed E-state index contributed by atoms with van der Waals surface area (Å²) in [6, 6.07) is 0.592. The number of nitrogens with zero attached hydrogens (tertiary/aromatic N) is 1. The molecule has 1 rings (SSSR count). The highest BCUT2D eigenvalue weighted by molar-refractivity contribution is 5.74. The minimum Gasteiger partial charge on any atom is -0.338 e. The Labute approximate surface area is 80.5 Å². The Morgan fingerprint density at radius 1 is 1.46 bits per heavy atom. The van der Waals surface area contributed by atoms with Gasteiger partial charge < -0.3 is 10.2 Å². The summed E-state index contributed by atoms with van der Waals surface area (Å²) < 4.78 is 0. The average Bonchev–Trinajstić information content (AvgIpc) is 2.18. The molecule has 0 aliphatic carbocycles. The maximum atomic E-state index is 11.6. The molecule has 76 valence electrons. The molecule has 1 fully saturated rings. The lowest BCUT2D eigenvalue weighted by atomic mass is 10.0. The molecule has 2 amide bonds. The lowest BCUT2D eigenvalue weighted by Gasteiger charge is -2.35. The van der Waals surface area contributed by atoms with E-state index in [0.717, 1.165) is 25.9 Å². The van der Waals surface area contributed by atoms with Crippen molar-refractivity contribution in [1.82, 2.24) is 10.2 Å². The van der Waals surface area contributed by atoms with E-state index < -0.39 is 0 Å². The predicted molar refractivity (Wildman–Crippen MR) is 53.7 cm³/mol. The zero-order chi connectivity index (χ0) is 9.68. The third kappa shape index (κ3) is 2.61. The number of likely N-dealkylation sites (tertiary alicyclic amines) is 1. The van der Waals surface area contributed by atoms with Crippen LogP contribution in [0.1, 0.15) is 39.5 Å². The van der Waals surface area contributed by atoms with Crippen molar-refractivity contribution in [3.05, 3.63) is 0 Å². The van der Waals surface area contributed by atoms with Gasteiger partial charge in [0.15, 0.2) is 0 Å². The molecule has 1 saturated heterocycles. The second-order valence-corrected chi connectivity index (χ2v) is 3.59. The van der Waals surface area contributed by atoms with Crippen LogP contribution in [0.15, 0.2) is 0 Å². The molecular weight excluding hydrogens is 164 g/mol. The molecule has 0 aromatic carbocycles. The summed E-state index contributed by atoms with van der Waals surface area (Å²) in [6.07, 6.45) is 4.69. The molecule has 0 bridgehead atoms. The van der Waals surface area contributed by atoms with Gasteiger partial charge in [0, 0.05) is 19.1 Å². The van der Waals surface area contributed by atoms with Gasteiger partial charge in [0.05, 0.1) is 0 Å². The van der Waals surface area contributed by atoms with Crippen LogP contribution in [0.25, 0.3) is 0 Å². The quantitative estimate of drug-likeness (QED) is 0.699. The van der Waals surface area contributed by atoms with E-state index in [1.54, 1.807) is 0 Å². The van der Waals surface area contributed by atoms with E-state index in [2.05, 4.69) is 12.2 Å². The molecule has 1 aliphatic heterocycles. The highest BCUT2D eigenvalue weighted by Gasteiger charge is 2.24. The van der Waals surface area contributed by atoms with Crippen LogP contribution in [0.4, 0.5) is 4.79 Å². The van der Waals surface area contributed by atoms with Crippen LogP contribution in [-0.4, -0.2) is 30.1 Å². The van der Waals surface area contributed by atoms with Crippen molar-refractivity contribution in [1.29, 1.82) is 0 Å². The number of hydrogen-bond donors (Lipinski definition) is 1. The minimum absolute atomic E-state index is 0.119. The lowest BCUT2D eigenvalue weighted by molar-refractivity contribution is 0.149. The number of amides is 2. The molecule has 0 saturated carbocycles. The van der Waals surface area contributed by atoms with Crippen LogP contribution in [0.3, 0.4) is 0 Å². The van der Waals surface area contributed by atoms with Crippen molar-refractivity contribution >= 4 is 6.03 Å². The number of carbonyl (C=O) groups excluding carboxylic acids is 1. The Balaban J connectivity index is 2.48. The van der Waals surface area contributed by atoms with E-state index in [4.69, 9.17) is 0 Å². The minimum atomic E-state index is 0.119. The average molecular weight is 184 g/mol. The fourth-order valence-electron chi connectivity index (χ4n) is 1.95. The standard InChI is InChI=1S/C10H20N2O/c1-3-9-7-5-6-8-12(9)10(13)11-4-2/h9H,3-8H2,1-2H3,(H,11,13)/t9-/m1/s1. The Bertz CT molecular complexity index is 170. The van der Waals surface area contributed by atoms with Gasteiger partial charge in [-0.3, -0.25) is 0 Å². The van der Waals surface area contributed by atoms with Crippen molar-refractivity contribution < 1.29 is 4.79 Å². The van der Waals surface area contributed by atoms with Crippen molar-refractivity contribution in [2.45, 2.75) is 45.6 Å². The molecule has 0 unspecified atom stereocenters. The Morgan fingerprint density at radius 2 is 2.23 bits per heavy atom. The van der Waals surface area contributed by atoms with Crippen LogP contribution in [0.2, 0.25) is 0 Å². The van der Waals surface area contributed by atoms with Gasteiger partial charge in [-0.25, -0.2) is 4.79 Å². The molecule has 0 aromatic heterocycles. The summed E-state index contributed by atoms with van der Waals surface area (Å²) in [5, 5.41) is 2.87. The fourth-order valence-corrected chi connectivity index (χ4v) is 1.95. The number of carbonyl (C=O) groups is 1. The molecule has 0 radical (unpaired) electrons. The summed E-state index contributed by atoms with van der Waals surface area (Å²) in [5.74, 6) is 0. The van der Waals surface area contributed by atoms with Crippen molar-refractivity contribution in [3.63, 3.8) is 0 Å². The first kappa shape index (κ1) is 10.4. The monoisotopic (exact) mass is 184 g/mol. The second kappa shape index (κ2) is 5.10. The largest absolute Gasteiger partial charge is 0.338 e. The molecular formula is C10H20N2O. The Hall–Kier alpha value is -0.730. The maximum Gasteiger partial charge on any atom is 0.317 e. The predicted octanol–water partition coefficient (Wildman–Crippen LogP) is 1.98. The van der Waals surface area contributed by atoms with E-state index in [9.17, 15) is 4.79 Å². The van der Waals surface area contributed by atoms with Crippen LogP contribution >= 0.6 is 0 Å². The van der Waals surface area contributed by atoms with Crippen LogP contribution < -0.4 is 5.32 Å². The summed E-state index contributed by atoms with van der Waals surface area (Å²) in [5.41, 5.74) is 0. The first-order chi connectivity index (χ1) is 6.29. The summed E-state index contributed by atoms with van der Waals surface area (Å²) in [7, 11) is 0. The molecule has 1 atom stereocenters. The van der Waals surface area contributed by atoms with Crippen LogP contribution in [0, 0.1) is 0 Å². The van der Waals surface area contributed by atoms with Crippen LogP contribution in [0.5, 0.6) is 0 Å². The van der Waals surface area contributed by atoms with Gasteiger partial charge in [0.1, 0.15) is 0 Å². The van der Waals surface area contributed by atoms with Gasteiger partial charge in [-0.2, -0.15) is 0 Å². The third-order valence-electron chi connectivity index (χ3n) is 2.69. The van der Waals surface area contributed by atoms with Crippen LogP contribution in [-0.2, 0) is 0 Å². The number of rotatable bonds is 2. The van der Waals surface area contributed by atoms with Crippen molar-refractivity contribution in [2.75, 3.05) is 13.1 Å². The first-order valence-corrected chi connectivity index (χ1v) is 5.34. The molecule has 3 heteroatoms. The van der Waals surface area contributed by atoms with Gasteiger partial charge in [0.2, 0.25) is 0 Å². The molecule has 0 aromatic rings. The summed E-state index contributed by atoms with van der Waals surface area (Å²) in [4.78, 5) is 13.6. The van der Waals surface area contributed by atoms with E-state index in [0.29, 0.717) is 6.04 Å². The SMILES string of the molecule is CCNC(=O)N1CCCC[C@H]1CC. The molecule has 3 nitrogen and oxygen atoms in total. The molecule has 1 heterocycles. The molecule has 1 aliphatic rings. The van der Waals surface area contributed by atoms with Gasteiger partial charge in [-0.15, -0.1) is 0 Å². The van der Waals surface area contributed by atoms with Gasteiger partial charge >= 0.3 is 6.03 Å². The second-order valence-electron chi connectivity index (χ2n) is 3.59. The Morgan fingerprint density at radius 3 is 2.85 bits per heavy atom. The van der Waals surface area contributed by atoms with E-state index in [1.807, 2.05) is 11.8 Å². The zero-order valence-corrected chi connectivity index (χ0v) is 8.68.